The van der Waals surface area contributed by atoms with Crippen LogP contribution in [0.2, 0.25) is 0 Å². The second-order valence-corrected chi connectivity index (χ2v) is 35.2. The van der Waals surface area contributed by atoms with Crippen molar-refractivity contribution in [3.63, 3.8) is 0 Å². The highest BCUT2D eigenvalue weighted by molar-refractivity contribution is 7.91. The van der Waals surface area contributed by atoms with Gasteiger partial charge < -0.3 is 43.3 Å². The lowest BCUT2D eigenvalue weighted by molar-refractivity contribution is 0.110. The topological polar surface area (TPSA) is 93.2 Å². The second-order valence-electron chi connectivity index (χ2n) is 32.9. The van der Waals surface area contributed by atoms with Gasteiger partial charge in [0.1, 0.15) is 38.6 Å². The Bertz CT molecular complexity index is 3790. The van der Waals surface area contributed by atoms with Crippen molar-refractivity contribution in [1.29, 1.82) is 0 Å². The summed E-state index contributed by atoms with van der Waals surface area (Å²) < 4.78 is 51.8. The average Bonchev–Trinajstić information content (AvgIpc) is 1.56. The van der Waals surface area contributed by atoms with Crippen LogP contribution in [0.5, 0.6) is 28.7 Å². The van der Waals surface area contributed by atoms with Crippen LogP contribution in [0, 0.1) is 42.4 Å². The molecule has 102 heavy (non-hydrogen) atoms. The molecular formula is C90H122N4O7S. The van der Waals surface area contributed by atoms with Gasteiger partial charge in [-0.05, 0) is 352 Å². The van der Waals surface area contributed by atoms with Gasteiger partial charge in [-0.1, -0.05) is 104 Å². The SMILES string of the molecule is CCOc1ccccc1C1CCN([C@H]2C[C@H]3CCC2C3)CC1.COc1ccc(-c2ccccc2C)cc1C1CCN([C@@H]2C[C@H]3CCC2C3)CC1.COc1cccc(-c2ccc(OC)c(C3CCN([C@@H]4C[C@H]5CCC4C5)CC3)c2)c1.COc1ccccc1C1CCN(C2CCCS(=O)(=O)CC2)CC1. The van der Waals surface area contributed by atoms with Crippen molar-refractivity contribution in [3.8, 4) is 51.0 Å². The van der Waals surface area contributed by atoms with E-state index in [1.165, 1.54) is 205 Å². The molecular weight excluding hydrogens is 1280 g/mol. The molecule has 6 aromatic rings. The first kappa shape index (κ1) is 73.0. The summed E-state index contributed by atoms with van der Waals surface area (Å²) in [5.41, 5.74) is 12.0. The zero-order valence-electron chi connectivity index (χ0n) is 62.9. The lowest BCUT2D eigenvalue weighted by Crippen LogP contribution is -2.43. The molecule has 0 spiro atoms. The van der Waals surface area contributed by atoms with Crippen molar-refractivity contribution in [2.45, 2.75) is 209 Å². The minimum absolute atomic E-state index is 0.365. The maximum Gasteiger partial charge on any atom is 0.150 e. The van der Waals surface area contributed by atoms with Crippen LogP contribution in [0.15, 0.2) is 133 Å². The molecule has 17 rings (SSSR count). The number of sulfone groups is 1. The van der Waals surface area contributed by atoms with Crippen LogP contribution < -0.4 is 23.7 Å². The highest BCUT2D eigenvalue weighted by Crippen LogP contribution is 2.52. The molecule has 6 bridgehead atoms. The molecule has 5 saturated heterocycles. The number of para-hydroxylation sites is 2. The van der Waals surface area contributed by atoms with Crippen LogP contribution in [0.3, 0.4) is 0 Å². The first-order valence-electron chi connectivity index (χ1n) is 40.5. The fraction of sp³-hybridized carbons (Fsp3) is 0.600. The maximum atomic E-state index is 11.8. The standard InChI is InChI=1S/C26H33NO2.C26H33NO.C20H29NO.C18H27NO3S/c1-28-23-5-3-4-20(16-23)21-8-9-26(29-2)24(17-21)19-10-12-27(13-11-19)25-15-18-6-7-22(25)14-18;1-18-5-3-4-6-23(18)21-9-10-26(28-2)24(17-21)20-11-13-27(14-12-20)25-16-19-7-8-22(25)15-19;1-2-22-20-6-4-3-5-18(20)16-9-11-21(12-10-16)19-14-15-7-8-17(19)13-15;1-22-18-7-3-2-6-17(18)15-8-11-19(12-9-15)16-5-4-13-23(20,21)14-10-16/h3-5,8-9,16-19,22,25H,6-7,10-15H2,1-2H3;3-6,9-10,17,19-20,22,25H,7-8,11-16H2,1-2H3;3-6,15-17,19H,2,7-14H2,1H3;2-3,6-7,15-16H,4-5,8-14H2,1H3/t18-,22?,25+;19-,22?,25+;15-,17?,19-;/m000./s1. The van der Waals surface area contributed by atoms with Gasteiger partial charge in [0, 0.05) is 24.2 Å². The molecule has 5 heterocycles. The van der Waals surface area contributed by atoms with Crippen LogP contribution in [-0.2, 0) is 9.84 Å². The number of piperidine rings is 4. The fourth-order valence-corrected chi connectivity index (χ4v) is 23.3. The minimum Gasteiger partial charge on any atom is -0.497 e. The van der Waals surface area contributed by atoms with E-state index in [2.05, 4.69) is 149 Å². The number of rotatable bonds is 16. The number of fused-ring (bicyclic) bond motifs is 6. The van der Waals surface area contributed by atoms with Crippen molar-refractivity contribution in [3.05, 3.63) is 161 Å². The van der Waals surface area contributed by atoms with Gasteiger partial charge in [-0.25, -0.2) is 8.42 Å². The van der Waals surface area contributed by atoms with E-state index < -0.39 is 9.84 Å². The Morgan fingerprint density at radius 1 is 0.373 bits per heavy atom. The van der Waals surface area contributed by atoms with Gasteiger partial charge in [0.15, 0.2) is 0 Å². The summed E-state index contributed by atoms with van der Waals surface area (Å²) in [4.78, 5) is 11.0. The molecule has 12 heteroatoms. The van der Waals surface area contributed by atoms with E-state index in [0.717, 1.165) is 134 Å². The number of ether oxygens (including phenoxy) is 5. The normalized spacial score (nSPS) is 28.5. The Morgan fingerprint density at radius 3 is 1.27 bits per heavy atom. The van der Waals surface area contributed by atoms with Gasteiger partial charge in [-0.15, -0.1) is 0 Å². The highest BCUT2D eigenvalue weighted by atomic mass is 32.2. The van der Waals surface area contributed by atoms with Crippen molar-refractivity contribution >= 4 is 9.84 Å². The average molecular weight is 1400 g/mol. The summed E-state index contributed by atoms with van der Waals surface area (Å²) in [6, 6.07) is 50.6. The molecule has 11 fully saturated rings. The molecule has 11 aliphatic rings. The number of hydrogen-bond donors (Lipinski definition) is 0. The number of nitrogens with zero attached hydrogens (tertiary/aromatic N) is 4. The number of benzene rings is 6. The highest BCUT2D eigenvalue weighted by Gasteiger charge is 2.46. The summed E-state index contributed by atoms with van der Waals surface area (Å²) >= 11 is 0. The Kier molecular flexibility index (Phi) is 24.4. The van der Waals surface area contributed by atoms with Gasteiger partial charge in [0.05, 0.1) is 46.6 Å². The monoisotopic (exact) mass is 1400 g/mol. The van der Waals surface area contributed by atoms with E-state index >= 15 is 0 Å². The molecule has 6 saturated carbocycles. The van der Waals surface area contributed by atoms with Gasteiger partial charge in [0.25, 0.3) is 0 Å². The van der Waals surface area contributed by atoms with Crippen LogP contribution in [-0.4, -0.2) is 151 Å². The predicted molar refractivity (Wildman–Crippen MR) is 417 cm³/mol. The lowest BCUT2D eigenvalue weighted by Gasteiger charge is -2.40. The van der Waals surface area contributed by atoms with Crippen LogP contribution in [0.4, 0.5) is 0 Å². The Balaban J connectivity index is 0.000000116. The molecule has 0 aromatic heterocycles. The zero-order chi connectivity index (χ0) is 70.1. The number of hydrogen-bond acceptors (Lipinski definition) is 11. The zero-order valence-corrected chi connectivity index (χ0v) is 63.7. The van der Waals surface area contributed by atoms with Crippen molar-refractivity contribution < 1.29 is 32.1 Å². The van der Waals surface area contributed by atoms with Crippen LogP contribution in [0.1, 0.15) is 206 Å². The Labute approximate surface area is 614 Å². The molecule has 0 N–H and O–H groups in total. The Morgan fingerprint density at radius 2 is 0.804 bits per heavy atom. The van der Waals surface area contributed by atoms with E-state index in [-0.39, 0.29) is 0 Å². The third-order valence-electron chi connectivity index (χ3n) is 27.3. The predicted octanol–water partition coefficient (Wildman–Crippen LogP) is 19.1. The smallest absolute Gasteiger partial charge is 0.150 e. The van der Waals surface area contributed by atoms with Gasteiger partial charge in [-0.3, -0.25) is 0 Å². The third kappa shape index (κ3) is 17.2. The molecule has 11 nitrogen and oxygen atoms in total. The maximum absolute atomic E-state index is 11.8. The summed E-state index contributed by atoms with van der Waals surface area (Å²) in [7, 11) is 4.28. The van der Waals surface area contributed by atoms with E-state index in [4.69, 9.17) is 23.7 Å². The van der Waals surface area contributed by atoms with Crippen molar-refractivity contribution in [2.24, 2.45) is 35.5 Å². The number of aryl methyl sites for hydroxylation is 1. The summed E-state index contributed by atoms with van der Waals surface area (Å²) in [6.45, 7) is 14.8. The Hall–Kier alpha value is -5.89. The molecule has 6 aromatic carbocycles. The lowest BCUT2D eigenvalue weighted by atomic mass is 9.85. The van der Waals surface area contributed by atoms with Gasteiger partial charge in [-0.2, -0.15) is 0 Å². The fourth-order valence-electron chi connectivity index (χ4n) is 21.9. The summed E-state index contributed by atoms with van der Waals surface area (Å²) in [6.07, 6.45) is 30.5. The summed E-state index contributed by atoms with van der Waals surface area (Å²) in [5, 5.41) is 0. The van der Waals surface area contributed by atoms with E-state index in [9.17, 15) is 8.42 Å². The first-order chi connectivity index (χ1) is 49.9. The van der Waals surface area contributed by atoms with Gasteiger partial charge >= 0.3 is 0 Å². The van der Waals surface area contributed by atoms with Gasteiger partial charge in [0.2, 0.25) is 0 Å². The van der Waals surface area contributed by atoms with Crippen molar-refractivity contribution in [2.75, 3.05) is 98.9 Å². The molecule has 0 radical (unpaired) electrons. The van der Waals surface area contributed by atoms with Crippen LogP contribution >= 0.6 is 0 Å². The third-order valence-corrected chi connectivity index (χ3v) is 29.1. The molecule has 10 atom stereocenters. The molecule has 4 unspecified atom stereocenters. The van der Waals surface area contributed by atoms with Crippen LogP contribution in [0.25, 0.3) is 22.3 Å². The quantitative estimate of drug-likeness (QED) is 0.0927. The molecule has 5 aliphatic heterocycles. The van der Waals surface area contributed by atoms with Crippen molar-refractivity contribution in [1.82, 2.24) is 19.6 Å². The molecule has 550 valence electrons. The molecule has 0 amide bonds. The largest absolute Gasteiger partial charge is 0.497 e. The van der Waals surface area contributed by atoms with E-state index in [0.29, 0.717) is 41.2 Å². The van der Waals surface area contributed by atoms with E-state index in [1.807, 2.05) is 25.3 Å². The number of methoxy groups -OCH3 is 4. The molecule has 6 aliphatic carbocycles. The second kappa shape index (κ2) is 34.1. The number of likely N-dealkylation sites (tertiary alicyclic amines) is 4. The minimum atomic E-state index is -2.80. The summed E-state index contributed by atoms with van der Waals surface area (Å²) in [5.74, 6) is 14.5. The van der Waals surface area contributed by atoms with E-state index in [1.54, 1.807) is 21.3 Å². The first-order valence-corrected chi connectivity index (χ1v) is 42.3.